The molecule has 0 radical (unpaired) electrons. The molecule has 96 valence electrons. The van der Waals surface area contributed by atoms with Gasteiger partial charge >= 0.3 is 0 Å². The number of aliphatic hydroxyl groups excluding tert-OH is 1. The molecule has 0 bridgehead atoms. The van der Waals surface area contributed by atoms with E-state index in [2.05, 4.69) is 6.07 Å². The second-order valence-corrected chi connectivity index (χ2v) is 4.99. The first-order valence-electron chi connectivity index (χ1n) is 6.04. The van der Waals surface area contributed by atoms with Crippen LogP contribution in [-0.4, -0.2) is 11.7 Å². The topological polar surface area (TPSA) is 53.2 Å². The smallest absolute Gasteiger partial charge is 0.165 e. The number of nitriles is 1. The van der Waals surface area contributed by atoms with Gasteiger partial charge in [-0.3, -0.25) is 0 Å². The summed E-state index contributed by atoms with van der Waals surface area (Å²) in [7, 11) is 0. The van der Waals surface area contributed by atoms with Gasteiger partial charge in [0.25, 0.3) is 0 Å². The Bertz CT molecular complexity index is 475. The molecule has 1 fully saturated rings. The molecule has 0 aromatic heterocycles. The summed E-state index contributed by atoms with van der Waals surface area (Å²) in [6.45, 7) is 1.97. The molecule has 0 saturated heterocycles. The van der Waals surface area contributed by atoms with Crippen LogP contribution in [0.3, 0.4) is 0 Å². The van der Waals surface area contributed by atoms with Crippen molar-refractivity contribution in [3.8, 4) is 11.8 Å². The van der Waals surface area contributed by atoms with Crippen molar-refractivity contribution in [3.63, 3.8) is 0 Å². The van der Waals surface area contributed by atoms with Gasteiger partial charge in [-0.05, 0) is 37.5 Å². The normalized spacial score (nSPS) is 17.9. The first kappa shape index (κ1) is 12.8. The van der Waals surface area contributed by atoms with Crippen LogP contribution in [0.2, 0.25) is 0 Å². The predicted molar refractivity (Wildman–Crippen MR) is 64.4 cm³/mol. The SMILES string of the molecule is CC(O)c1ccc(OCC2(CC#N)CC2)c(F)c1. The highest BCUT2D eigenvalue weighted by Gasteiger charge is 2.43. The Labute approximate surface area is 106 Å². The monoisotopic (exact) mass is 249 g/mol. The predicted octanol–water partition coefficient (Wildman–Crippen LogP) is 2.95. The summed E-state index contributed by atoms with van der Waals surface area (Å²) in [5, 5.41) is 18.0. The van der Waals surface area contributed by atoms with Gasteiger partial charge in [-0.15, -0.1) is 0 Å². The lowest BCUT2D eigenvalue weighted by molar-refractivity contribution is 0.197. The maximum atomic E-state index is 13.7. The van der Waals surface area contributed by atoms with E-state index in [0.29, 0.717) is 18.6 Å². The van der Waals surface area contributed by atoms with Gasteiger partial charge < -0.3 is 9.84 Å². The molecule has 2 rings (SSSR count). The highest BCUT2D eigenvalue weighted by molar-refractivity contribution is 5.30. The first-order valence-corrected chi connectivity index (χ1v) is 6.04. The van der Waals surface area contributed by atoms with Crippen LogP contribution in [0.5, 0.6) is 5.75 Å². The summed E-state index contributed by atoms with van der Waals surface area (Å²) < 4.78 is 19.1. The summed E-state index contributed by atoms with van der Waals surface area (Å²) in [6.07, 6.45) is 1.70. The van der Waals surface area contributed by atoms with Gasteiger partial charge in [0.15, 0.2) is 11.6 Å². The van der Waals surface area contributed by atoms with Gasteiger partial charge in [0.05, 0.1) is 18.8 Å². The Morgan fingerprint density at radius 2 is 2.28 bits per heavy atom. The molecular formula is C14H16FNO2. The van der Waals surface area contributed by atoms with E-state index in [0.717, 1.165) is 12.8 Å². The molecule has 1 aliphatic rings. The van der Waals surface area contributed by atoms with Crippen molar-refractivity contribution in [3.05, 3.63) is 29.6 Å². The molecule has 0 heterocycles. The number of aliphatic hydroxyl groups is 1. The maximum absolute atomic E-state index is 13.7. The van der Waals surface area contributed by atoms with E-state index in [-0.39, 0.29) is 11.2 Å². The number of halogens is 1. The molecule has 0 amide bonds. The first-order chi connectivity index (χ1) is 8.56. The van der Waals surface area contributed by atoms with Gasteiger partial charge in [-0.1, -0.05) is 6.07 Å². The second kappa shape index (κ2) is 4.95. The summed E-state index contributed by atoms with van der Waals surface area (Å²) in [5.41, 5.74) is 0.461. The van der Waals surface area contributed by atoms with Crippen LogP contribution in [0.15, 0.2) is 18.2 Å². The minimum absolute atomic E-state index is 0.0653. The molecule has 1 unspecified atom stereocenters. The van der Waals surface area contributed by atoms with Crippen molar-refractivity contribution in [2.45, 2.75) is 32.3 Å². The number of ether oxygens (including phenoxy) is 1. The third kappa shape index (κ3) is 2.80. The lowest BCUT2D eigenvalue weighted by atomic mass is 10.1. The van der Waals surface area contributed by atoms with E-state index >= 15 is 0 Å². The van der Waals surface area contributed by atoms with E-state index < -0.39 is 11.9 Å². The van der Waals surface area contributed by atoms with Gasteiger partial charge in [0, 0.05) is 11.8 Å². The van der Waals surface area contributed by atoms with Crippen LogP contribution in [-0.2, 0) is 0 Å². The molecule has 1 atom stereocenters. The van der Waals surface area contributed by atoms with E-state index in [9.17, 15) is 9.50 Å². The molecule has 3 nitrogen and oxygen atoms in total. The fourth-order valence-corrected chi connectivity index (χ4v) is 1.84. The molecule has 1 aliphatic carbocycles. The molecule has 1 saturated carbocycles. The Morgan fingerprint density at radius 1 is 1.56 bits per heavy atom. The van der Waals surface area contributed by atoms with Gasteiger partial charge in [-0.2, -0.15) is 5.26 Å². The minimum atomic E-state index is -0.693. The van der Waals surface area contributed by atoms with Crippen molar-refractivity contribution in [1.29, 1.82) is 5.26 Å². The van der Waals surface area contributed by atoms with E-state index in [1.54, 1.807) is 13.0 Å². The van der Waals surface area contributed by atoms with Crippen molar-refractivity contribution in [2.75, 3.05) is 6.61 Å². The lowest BCUT2D eigenvalue weighted by Gasteiger charge is -2.14. The molecule has 0 aliphatic heterocycles. The average Bonchev–Trinajstić information content (AvgIpc) is 3.08. The van der Waals surface area contributed by atoms with E-state index in [4.69, 9.17) is 10.00 Å². The largest absolute Gasteiger partial charge is 0.490 e. The van der Waals surface area contributed by atoms with Crippen LogP contribution in [0.4, 0.5) is 4.39 Å². The fraction of sp³-hybridized carbons (Fsp3) is 0.500. The van der Waals surface area contributed by atoms with E-state index in [1.165, 1.54) is 12.1 Å². The number of nitrogens with zero attached hydrogens (tertiary/aromatic N) is 1. The quantitative estimate of drug-likeness (QED) is 0.872. The third-order valence-corrected chi connectivity index (χ3v) is 3.38. The number of rotatable bonds is 5. The van der Waals surface area contributed by atoms with Crippen LogP contribution in [0.1, 0.15) is 37.9 Å². The van der Waals surface area contributed by atoms with Crippen LogP contribution >= 0.6 is 0 Å². The van der Waals surface area contributed by atoms with Gasteiger partial charge in [0.2, 0.25) is 0 Å². The van der Waals surface area contributed by atoms with Crippen LogP contribution < -0.4 is 4.74 Å². The second-order valence-electron chi connectivity index (χ2n) is 4.99. The zero-order valence-corrected chi connectivity index (χ0v) is 10.3. The minimum Gasteiger partial charge on any atom is -0.490 e. The van der Waals surface area contributed by atoms with Crippen LogP contribution in [0, 0.1) is 22.6 Å². The standard InChI is InChI=1S/C14H16FNO2/c1-10(17)11-2-3-13(12(15)8-11)18-9-14(4-5-14)6-7-16/h2-3,8,10,17H,4-6,9H2,1H3. The lowest BCUT2D eigenvalue weighted by Crippen LogP contribution is -2.13. The molecule has 4 heteroatoms. The van der Waals surface area contributed by atoms with Crippen molar-refractivity contribution in [1.82, 2.24) is 0 Å². The summed E-state index contributed by atoms with van der Waals surface area (Å²) >= 11 is 0. The fourth-order valence-electron chi connectivity index (χ4n) is 1.84. The molecular weight excluding hydrogens is 233 g/mol. The Balaban J connectivity index is 2.00. The number of hydrogen-bond donors (Lipinski definition) is 1. The molecule has 18 heavy (non-hydrogen) atoms. The highest BCUT2D eigenvalue weighted by atomic mass is 19.1. The van der Waals surface area contributed by atoms with E-state index in [1.807, 2.05) is 0 Å². The molecule has 1 N–H and O–H groups in total. The summed E-state index contributed by atoms with van der Waals surface area (Å²) in [6, 6.07) is 6.59. The summed E-state index contributed by atoms with van der Waals surface area (Å²) in [5.74, 6) is -0.287. The Morgan fingerprint density at radius 3 is 2.78 bits per heavy atom. The number of hydrogen-bond acceptors (Lipinski definition) is 3. The third-order valence-electron chi connectivity index (χ3n) is 3.38. The van der Waals surface area contributed by atoms with Crippen molar-refractivity contribution < 1.29 is 14.2 Å². The van der Waals surface area contributed by atoms with Gasteiger partial charge in [-0.25, -0.2) is 4.39 Å². The molecule has 1 aromatic carbocycles. The highest BCUT2D eigenvalue weighted by Crippen LogP contribution is 2.48. The molecule has 1 aromatic rings. The van der Waals surface area contributed by atoms with Gasteiger partial charge in [0.1, 0.15) is 0 Å². The maximum Gasteiger partial charge on any atom is 0.165 e. The number of benzene rings is 1. The average molecular weight is 249 g/mol. The molecule has 0 spiro atoms. The van der Waals surface area contributed by atoms with Crippen molar-refractivity contribution >= 4 is 0 Å². The van der Waals surface area contributed by atoms with Crippen molar-refractivity contribution in [2.24, 2.45) is 5.41 Å². The Kier molecular flexibility index (Phi) is 3.53. The zero-order valence-electron chi connectivity index (χ0n) is 10.3. The Hall–Kier alpha value is -1.60. The van der Waals surface area contributed by atoms with Crippen LogP contribution in [0.25, 0.3) is 0 Å². The summed E-state index contributed by atoms with van der Waals surface area (Å²) in [4.78, 5) is 0. The zero-order chi connectivity index (χ0) is 13.2.